The van der Waals surface area contributed by atoms with Crippen molar-refractivity contribution >= 4 is 5.97 Å². The molecular formula is C26H34O7. The predicted molar refractivity (Wildman–Crippen MR) is 119 cm³/mol. The topological polar surface area (TPSA) is 117 Å². The van der Waals surface area contributed by atoms with Crippen LogP contribution in [0.5, 0.6) is 0 Å². The van der Waals surface area contributed by atoms with Gasteiger partial charge in [-0.05, 0) is 68.9 Å². The van der Waals surface area contributed by atoms with Crippen molar-refractivity contribution < 1.29 is 29.3 Å². The lowest BCUT2D eigenvalue weighted by Crippen LogP contribution is -2.72. The summed E-state index contributed by atoms with van der Waals surface area (Å²) in [6, 6.07) is 3.19. The summed E-state index contributed by atoms with van der Waals surface area (Å²) < 4.78 is 10.7. The molecule has 1 unspecified atom stereocenters. The summed E-state index contributed by atoms with van der Waals surface area (Å²) in [6.07, 6.45) is 7.46. The molecule has 0 saturated heterocycles. The van der Waals surface area contributed by atoms with Gasteiger partial charge in [0.2, 0.25) is 0 Å². The summed E-state index contributed by atoms with van der Waals surface area (Å²) in [6.45, 7) is 3.60. The Labute approximate surface area is 193 Å². The molecule has 33 heavy (non-hydrogen) atoms. The Hall–Kier alpha value is -1.96. The van der Waals surface area contributed by atoms with E-state index in [1.54, 1.807) is 6.07 Å². The van der Waals surface area contributed by atoms with Crippen LogP contribution in [0, 0.1) is 16.7 Å². The fraction of sp³-hybridized carbons (Fsp3) is 0.692. The summed E-state index contributed by atoms with van der Waals surface area (Å²) in [4.78, 5) is 23.2. The molecule has 4 aliphatic rings. The number of hydrogen-bond donors (Lipinski definition) is 3. The van der Waals surface area contributed by atoms with Gasteiger partial charge in [-0.3, -0.25) is 4.79 Å². The molecule has 0 aliphatic heterocycles. The second-order valence-electron chi connectivity index (χ2n) is 11.0. The molecule has 180 valence electrons. The zero-order valence-corrected chi connectivity index (χ0v) is 19.4. The maximum atomic E-state index is 12.4. The third-order valence-electron chi connectivity index (χ3n) is 9.77. The fourth-order valence-corrected chi connectivity index (χ4v) is 8.12. The number of ether oxygens (including phenoxy) is 1. The van der Waals surface area contributed by atoms with Gasteiger partial charge >= 0.3 is 11.6 Å². The average Bonchev–Trinajstić information content (AvgIpc) is 3.05. The Balaban J connectivity index is 1.57. The van der Waals surface area contributed by atoms with E-state index >= 15 is 0 Å². The maximum Gasteiger partial charge on any atom is 0.335 e. The van der Waals surface area contributed by atoms with Crippen LogP contribution in [0.2, 0.25) is 0 Å². The summed E-state index contributed by atoms with van der Waals surface area (Å²) >= 11 is 0. The first kappa shape index (κ1) is 22.8. The van der Waals surface area contributed by atoms with Crippen molar-refractivity contribution in [1.29, 1.82) is 0 Å². The standard InChI is InChI=1S/C26H34O7/c1-16(27)33-15-24-10-6-19(28)13-18(24)5-11-25(30)21(24)8-9-23(2)20(7-12-26(23,25)31)17-3-4-22(29)32-14-17/h3-4,13-14,19-21,28,30-31H,5-12,15H2,1-2H3/t19-,20+,21?,23+,24+,25+,26+/m0/s1. The Morgan fingerprint density at radius 1 is 1.15 bits per heavy atom. The molecule has 1 aromatic rings. The minimum Gasteiger partial charge on any atom is -0.465 e. The molecule has 4 aliphatic carbocycles. The maximum absolute atomic E-state index is 12.4. The molecule has 1 aromatic heterocycles. The van der Waals surface area contributed by atoms with E-state index in [-0.39, 0.29) is 24.4 Å². The van der Waals surface area contributed by atoms with Gasteiger partial charge in [0, 0.05) is 29.7 Å². The quantitative estimate of drug-likeness (QED) is 0.471. The normalized spacial score (nSPS) is 44.3. The first-order valence-corrected chi connectivity index (χ1v) is 12.1. The lowest BCUT2D eigenvalue weighted by atomic mass is 9.42. The molecule has 3 fully saturated rings. The summed E-state index contributed by atoms with van der Waals surface area (Å²) in [7, 11) is 0. The number of esters is 1. The van der Waals surface area contributed by atoms with E-state index in [4.69, 9.17) is 9.15 Å². The van der Waals surface area contributed by atoms with Crippen LogP contribution in [-0.4, -0.2) is 45.2 Å². The molecule has 3 saturated carbocycles. The molecule has 0 spiro atoms. The van der Waals surface area contributed by atoms with Crippen LogP contribution in [-0.2, 0) is 9.53 Å². The summed E-state index contributed by atoms with van der Waals surface area (Å²) in [5, 5.41) is 35.0. The highest BCUT2D eigenvalue weighted by Gasteiger charge is 2.74. The molecule has 5 rings (SSSR count). The second-order valence-corrected chi connectivity index (χ2v) is 11.0. The van der Waals surface area contributed by atoms with E-state index in [0.717, 1.165) is 11.1 Å². The van der Waals surface area contributed by atoms with E-state index in [1.807, 2.05) is 6.08 Å². The lowest BCUT2D eigenvalue weighted by Gasteiger charge is -2.66. The molecule has 1 heterocycles. The van der Waals surface area contributed by atoms with Gasteiger partial charge in [-0.1, -0.05) is 18.6 Å². The molecule has 0 bridgehead atoms. The van der Waals surface area contributed by atoms with E-state index in [2.05, 4.69) is 6.92 Å². The van der Waals surface area contributed by atoms with Crippen LogP contribution in [0.25, 0.3) is 0 Å². The monoisotopic (exact) mass is 458 g/mol. The average molecular weight is 459 g/mol. The smallest absolute Gasteiger partial charge is 0.335 e. The number of aliphatic hydroxyl groups is 3. The number of rotatable bonds is 3. The molecular weight excluding hydrogens is 424 g/mol. The molecule has 3 N–H and O–H groups in total. The van der Waals surface area contributed by atoms with Crippen LogP contribution < -0.4 is 5.63 Å². The van der Waals surface area contributed by atoms with Gasteiger partial charge in [-0.2, -0.15) is 0 Å². The SMILES string of the molecule is CC(=O)OC[C@]12CC[C@H](O)C=C1CC[C@@]1(O)C2CC[C@]2(C)[C@@H](c3ccc(=O)oc3)CC[C@]12O. The number of aliphatic hydroxyl groups excluding tert-OH is 1. The van der Waals surface area contributed by atoms with Gasteiger partial charge in [0.15, 0.2) is 0 Å². The zero-order valence-electron chi connectivity index (χ0n) is 19.4. The highest BCUT2D eigenvalue weighted by atomic mass is 16.5. The van der Waals surface area contributed by atoms with Crippen molar-refractivity contribution in [3.63, 3.8) is 0 Å². The van der Waals surface area contributed by atoms with E-state index < -0.39 is 33.8 Å². The number of hydrogen-bond acceptors (Lipinski definition) is 7. The Kier molecular flexibility index (Phi) is 5.20. The number of fused-ring (bicyclic) bond motifs is 5. The van der Waals surface area contributed by atoms with Crippen LogP contribution >= 0.6 is 0 Å². The van der Waals surface area contributed by atoms with Crippen LogP contribution in [0.1, 0.15) is 76.7 Å². The summed E-state index contributed by atoms with van der Waals surface area (Å²) in [5.41, 5.74) is -2.31. The van der Waals surface area contributed by atoms with Crippen molar-refractivity contribution in [3.8, 4) is 0 Å². The fourth-order valence-electron chi connectivity index (χ4n) is 8.12. The highest BCUT2D eigenvalue weighted by molar-refractivity contribution is 5.66. The van der Waals surface area contributed by atoms with E-state index in [0.29, 0.717) is 51.4 Å². The molecule has 7 atom stereocenters. The van der Waals surface area contributed by atoms with Gasteiger partial charge in [0.05, 0.1) is 23.6 Å². The van der Waals surface area contributed by atoms with Crippen LogP contribution in [0.3, 0.4) is 0 Å². The number of carbonyl (C=O) groups is 1. The molecule has 0 aromatic carbocycles. The van der Waals surface area contributed by atoms with E-state index in [9.17, 15) is 24.9 Å². The minimum absolute atomic E-state index is 0.0358. The molecule has 0 radical (unpaired) electrons. The van der Waals surface area contributed by atoms with Gasteiger partial charge in [0.25, 0.3) is 0 Å². The van der Waals surface area contributed by atoms with Gasteiger partial charge < -0.3 is 24.5 Å². The Morgan fingerprint density at radius 2 is 1.94 bits per heavy atom. The van der Waals surface area contributed by atoms with Gasteiger partial charge in [-0.25, -0.2) is 4.79 Å². The second kappa shape index (κ2) is 7.52. The highest BCUT2D eigenvalue weighted by Crippen LogP contribution is 2.71. The Bertz CT molecular complexity index is 1020. The molecule has 7 heteroatoms. The van der Waals surface area contributed by atoms with Crippen molar-refractivity contribution in [2.75, 3.05) is 6.61 Å². The van der Waals surface area contributed by atoms with Crippen molar-refractivity contribution in [2.45, 2.75) is 88.4 Å². The largest absolute Gasteiger partial charge is 0.465 e. The van der Waals surface area contributed by atoms with Gasteiger partial charge in [-0.15, -0.1) is 0 Å². The molecule has 7 nitrogen and oxygen atoms in total. The Morgan fingerprint density at radius 3 is 2.64 bits per heavy atom. The van der Waals surface area contributed by atoms with Crippen LogP contribution in [0.15, 0.2) is 39.3 Å². The molecule has 0 amide bonds. The first-order chi connectivity index (χ1) is 15.6. The van der Waals surface area contributed by atoms with E-state index in [1.165, 1.54) is 19.3 Å². The van der Waals surface area contributed by atoms with Crippen molar-refractivity contribution in [3.05, 3.63) is 46.0 Å². The zero-order chi connectivity index (χ0) is 23.6. The van der Waals surface area contributed by atoms with Crippen molar-refractivity contribution in [1.82, 2.24) is 0 Å². The third-order valence-corrected chi connectivity index (χ3v) is 9.77. The minimum atomic E-state index is -1.34. The predicted octanol–water partition coefficient (Wildman–Crippen LogP) is 2.82. The van der Waals surface area contributed by atoms with Gasteiger partial charge in [0.1, 0.15) is 6.61 Å². The van der Waals surface area contributed by atoms with Crippen molar-refractivity contribution in [2.24, 2.45) is 16.7 Å². The third kappa shape index (κ3) is 3.05. The summed E-state index contributed by atoms with van der Waals surface area (Å²) in [5.74, 6) is -0.677. The lowest BCUT2D eigenvalue weighted by molar-refractivity contribution is -0.280. The van der Waals surface area contributed by atoms with Crippen LogP contribution in [0.4, 0.5) is 0 Å². The number of carbonyl (C=O) groups excluding carboxylic acids is 1. The first-order valence-electron chi connectivity index (χ1n) is 12.1.